The highest BCUT2D eigenvalue weighted by Crippen LogP contribution is 2.09. The van der Waals surface area contributed by atoms with Crippen LogP contribution in [-0.4, -0.2) is 31.4 Å². The van der Waals surface area contributed by atoms with Crippen LogP contribution in [0.15, 0.2) is 24.3 Å². The van der Waals surface area contributed by atoms with Crippen LogP contribution in [0.2, 0.25) is 0 Å². The van der Waals surface area contributed by atoms with E-state index in [9.17, 15) is 9.59 Å². The third kappa shape index (κ3) is 4.62. The molecule has 0 aliphatic carbocycles. The van der Waals surface area contributed by atoms with E-state index >= 15 is 0 Å². The van der Waals surface area contributed by atoms with Crippen molar-refractivity contribution in [2.75, 3.05) is 18.9 Å². The van der Waals surface area contributed by atoms with Crippen molar-refractivity contribution in [1.29, 1.82) is 0 Å². The number of carbonyl (C=O) groups excluding carboxylic acids is 2. The number of nitrogens with one attached hydrogen (secondary N) is 3. The first-order valence-electron chi connectivity index (χ1n) is 6.44. The highest BCUT2D eigenvalue weighted by atomic mass is 16.2. The van der Waals surface area contributed by atoms with Crippen molar-refractivity contribution in [1.82, 2.24) is 10.6 Å². The van der Waals surface area contributed by atoms with Gasteiger partial charge in [-0.2, -0.15) is 0 Å². The van der Waals surface area contributed by atoms with Crippen LogP contribution < -0.4 is 16.0 Å². The third-order valence-corrected chi connectivity index (χ3v) is 2.71. The molecule has 0 spiro atoms. The molecule has 0 saturated carbocycles. The Balaban J connectivity index is 2.60. The number of hydrogen-bond donors (Lipinski definition) is 3. The van der Waals surface area contributed by atoms with Gasteiger partial charge in [-0.25, -0.2) is 0 Å². The summed E-state index contributed by atoms with van der Waals surface area (Å²) < 4.78 is 0. The molecule has 0 aromatic heterocycles. The molecule has 104 valence electrons. The van der Waals surface area contributed by atoms with Crippen molar-refractivity contribution in [3.05, 3.63) is 29.8 Å². The number of anilines is 1. The second kappa shape index (κ2) is 7.41. The summed E-state index contributed by atoms with van der Waals surface area (Å²) in [6, 6.07) is 6.65. The van der Waals surface area contributed by atoms with Crippen molar-refractivity contribution < 1.29 is 9.59 Å². The summed E-state index contributed by atoms with van der Waals surface area (Å²) in [4.78, 5) is 23.2. The van der Waals surface area contributed by atoms with Gasteiger partial charge in [-0.3, -0.25) is 9.59 Å². The average molecular weight is 263 g/mol. The van der Waals surface area contributed by atoms with E-state index in [1.165, 1.54) is 0 Å². The molecular formula is C14H21N3O2. The average Bonchev–Trinajstić information content (AvgIpc) is 2.44. The minimum atomic E-state index is -0.546. The number of carbonyl (C=O) groups is 2. The Labute approximate surface area is 113 Å². The van der Waals surface area contributed by atoms with Gasteiger partial charge in [0.25, 0.3) is 5.91 Å². The van der Waals surface area contributed by atoms with Crippen molar-refractivity contribution in [3.63, 3.8) is 0 Å². The largest absolute Gasteiger partial charge is 0.385 e. The first-order valence-corrected chi connectivity index (χ1v) is 6.44. The summed E-state index contributed by atoms with van der Waals surface area (Å²) >= 11 is 0. The molecule has 1 rings (SSSR count). The van der Waals surface area contributed by atoms with Crippen molar-refractivity contribution >= 4 is 17.5 Å². The number of benzene rings is 1. The second-order valence-corrected chi connectivity index (χ2v) is 4.31. The number of rotatable bonds is 6. The summed E-state index contributed by atoms with van der Waals surface area (Å²) in [5.74, 6) is -0.465. The Hall–Kier alpha value is -2.04. The number of hydrogen-bond acceptors (Lipinski definition) is 3. The molecular weight excluding hydrogens is 242 g/mol. The second-order valence-electron chi connectivity index (χ2n) is 4.31. The summed E-state index contributed by atoms with van der Waals surface area (Å²) in [7, 11) is 1.54. The number of amides is 2. The van der Waals surface area contributed by atoms with E-state index in [1.807, 2.05) is 12.1 Å². The fraction of sp³-hybridized carbons (Fsp3) is 0.429. The topological polar surface area (TPSA) is 70.2 Å². The van der Waals surface area contributed by atoms with Gasteiger partial charge in [0.2, 0.25) is 5.91 Å². The SMILES string of the molecule is CCCNc1ccc(C(=O)NC(C)C(=O)NC)cc1. The van der Waals surface area contributed by atoms with Gasteiger partial charge in [0.05, 0.1) is 0 Å². The monoisotopic (exact) mass is 263 g/mol. The zero-order valence-electron chi connectivity index (χ0n) is 11.6. The van der Waals surface area contributed by atoms with E-state index in [0.29, 0.717) is 5.56 Å². The third-order valence-electron chi connectivity index (χ3n) is 2.71. The van der Waals surface area contributed by atoms with Crippen LogP contribution in [0, 0.1) is 0 Å². The zero-order valence-corrected chi connectivity index (χ0v) is 11.6. The van der Waals surface area contributed by atoms with Crippen LogP contribution >= 0.6 is 0 Å². The van der Waals surface area contributed by atoms with Gasteiger partial charge in [-0.1, -0.05) is 6.92 Å². The molecule has 1 aromatic carbocycles. The van der Waals surface area contributed by atoms with Crippen molar-refractivity contribution in [2.45, 2.75) is 26.3 Å². The highest BCUT2D eigenvalue weighted by molar-refractivity contribution is 5.97. The predicted octanol–water partition coefficient (Wildman–Crippen LogP) is 1.37. The summed E-state index contributed by atoms with van der Waals surface area (Å²) in [6.07, 6.45) is 1.05. The maximum atomic E-state index is 11.9. The lowest BCUT2D eigenvalue weighted by Gasteiger charge is -2.12. The van der Waals surface area contributed by atoms with Gasteiger partial charge in [0.15, 0.2) is 0 Å². The Kier molecular flexibility index (Phi) is 5.85. The molecule has 0 saturated heterocycles. The molecule has 5 heteroatoms. The first-order chi connectivity index (χ1) is 9.08. The predicted molar refractivity (Wildman–Crippen MR) is 76.2 cm³/mol. The van der Waals surface area contributed by atoms with E-state index in [-0.39, 0.29) is 11.8 Å². The van der Waals surface area contributed by atoms with Crippen molar-refractivity contribution in [3.8, 4) is 0 Å². The first kappa shape index (κ1) is 15.0. The Morgan fingerprint density at radius 3 is 2.37 bits per heavy atom. The summed E-state index contributed by atoms with van der Waals surface area (Å²) in [5, 5.41) is 8.36. The Morgan fingerprint density at radius 2 is 1.84 bits per heavy atom. The molecule has 19 heavy (non-hydrogen) atoms. The van der Waals surface area contributed by atoms with Crippen LogP contribution in [0.25, 0.3) is 0 Å². The fourth-order valence-corrected chi connectivity index (χ4v) is 1.57. The number of likely N-dealkylation sites (N-methyl/N-ethyl adjacent to an activating group) is 1. The van der Waals surface area contributed by atoms with E-state index in [4.69, 9.17) is 0 Å². The molecule has 0 aliphatic heterocycles. The maximum absolute atomic E-state index is 11.9. The van der Waals surface area contributed by atoms with Gasteiger partial charge in [-0.05, 0) is 37.6 Å². The minimum absolute atomic E-state index is 0.213. The molecule has 0 radical (unpaired) electrons. The smallest absolute Gasteiger partial charge is 0.251 e. The van der Waals surface area contributed by atoms with Crippen LogP contribution in [0.4, 0.5) is 5.69 Å². The van der Waals surface area contributed by atoms with E-state index in [0.717, 1.165) is 18.7 Å². The molecule has 3 N–H and O–H groups in total. The van der Waals surface area contributed by atoms with Crippen LogP contribution in [-0.2, 0) is 4.79 Å². The lowest BCUT2D eigenvalue weighted by Crippen LogP contribution is -2.43. The van der Waals surface area contributed by atoms with Gasteiger partial charge in [0, 0.05) is 24.8 Å². The molecule has 5 nitrogen and oxygen atoms in total. The lowest BCUT2D eigenvalue weighted by molar-refractivity contribution is -0.122. The summed E-state index contributed by atoms with van der Waals surface area (Å²) in [6.45, 7) is 4.64. The molecule has 0 aliphatic rings. The van der Waals surface area contributed by atoms with Crippen LogP contribution in [0.5, 0.6) is 0 Å². The van der Waals surface area contributed by atoms with E-state index < -0.39 is 6.04 Å². The minimum Gasteiger partial charge on any atom is -0.385 e. The normalized spacial score (nSPS) is 11.5. The Morgan fingerprint density at radius 1 is 1.21 bits per heavy atom. The molecule has 2 amide bonds. The maximum Gasteiger partial charge on any atom is 0.251 e. The van der Waals surface area contributed by atoms with Gasteiger partial charge in [-0.15, -0.1) is 0 Å². The fourth-order valence-electron chi connectivity index (χ4n) is 1.57. The lowest BCUT2D eigenvalue weighted by atomic mass is 10.1. The molecule has 1 unspecified atom stereocenters. The van der Waals surface area contributed by atoms with Gasteiger partial charge >= 0.3 is 0 Å². The summed E-state index contributed by atoms with van der Waals surface area (Å²) in [5.41, 5.74) is 1.52. The molecule has 1 aromatic rings. The Bertz CT molecular complexity index is 429. The standard InChI is InChI=1S/C14H21N3O2/c1-4-9-16-12-7-5-11(6-8-12)14(19)17-10(2)13(18)15-3/h5-8,10,16H,4,9H2,1-3H3,(H,15,18)(H,17,19). The van der Waals surface area contributed by atoms with Crippen molar-refractivity contribution in [2.24, 2.45) is 0 Å². The quantitative estimate of drug-likeness (QED) is 0.726. The van der Waals surface area contributed by atoms with Crippen LogP contribution in [0.3, 0.4) is 0 Å². The van der Waals surface area contributed by atoms with Crippen LogP contribution in [0.1, 0.15) is 30.6 Å². The van der Waals surface area contributed by atoms with E-state index in [1.54, 1.807) is 26.1 Å². The molecule has 0 heterocycles. The highest BCUT2D eigenvalue weighted by Gasteiger charge is 2.14. The van der Waals surface area contributed by atoms with E-state index in [2.05, 4.69) is 22.9 Å². The van der Waals surface area contributed by atoms with Gasteiger partial charge in [0.1, 0.15) is 6.04 Å². The zero-order chi connectivity index (χ0) is 14.3. The molecule has 0 fully saturated rings. The van der Waals surface area contributed by atoms with Gasteiger partial charge < -0.3 is 16.0 Å². The molecule has 0 bridgehead atoms. The molecule has 1 atom stereocenters.